The Kier molecular flexibility index (Phi) is 7.57. The van der Waals surface area contributed by atoms with Gasteiger partial charge in [-0.05, 0) is 6.92 Å². The number of aliphatic hydroxyl groups is 5. The highest BCUT2D eigenvalue weighted by molar-refractivity contribution is 6.37. The standard InChI is InChI=1S/C11H19NO9/c1-3(14)5(9(18)11(20)21)8(17)6(12)10(19)7(16)4(15)2-13/h4-8,10,13,15-17,19H,2,12H2,1H3,(H,20,21)/t4-,5?,6-,7-,8+,10-/m1/s1. The van der Waals surface area contributed by atoms with Crippen LogP contribution in [0.4, 0.5) is 0 Å². The van der Waals surface area contributed by atoms with E-state index in [1.54, 1.807) is 0 Å². The number of ketones is 2. The number of hydrogen-bond acceptors (Lipinski definition) is 9. The minimum absolute atomic E-state index is 0.854. The largest absolute Gasteiger partial charge is 0.475 e. The van der Waals surface area contributed by atoms with Crippen LogP contribution in [-0.2, 0) is 14.4 Å². The minimum atomic E-state index is -2.10. The molecule has 0 aliphatic heterocycles. The Morgan fingerprint density at radius 1 is 1.00 bits per heavy atom. The van der Waals surface area contributed by atoms with Gasteiger partial charge in [0.1, 0.15) is 30.0 Å². The molecule has 10 heteroatoms. The topological polar surface area (TPSA) is 199 Å². The van der Waals surface area contributed by atoms with E-state index in [2.05, 4.69) is 0 Å². The highest BCUT2D eigenvalue weighted by Gasteiger charge is 2.42. The zero-order valence-electron chi connectivity index (χ0n) is 11.2. The molecule has 0 aliphatic carbocycles. The van der Waals surface area contributed by atoms with Crippen LogP contribution in [-0.4, -0.2) is 85.2 Å². The lowest BCUT2D eigenvalue weighted by atomic mass is 9.85. The first-order valence-corrected chi connectivity index (χ1v) is 5.92. The van der Waals surface area contributed by atoms with Crippen molar-refractivity contribution in [3.05, 3.63) is 0 Å². The SMILES string of the molecule is CC(=O)C(C(=O)C(=O)O)[C@H](O)[C@@H](N)[C@@H](O)[C@H](O)[C@H](O)CO. The van der Waals surface area contributed by atoms with Crippen LogP contribution in [0.15, 0.2) is 0 Å². The normalized spacial score (nSPS) is 20.0. The summed E-state index contributed by atoms with van der Waals surface area (Å²) in [6.45, 7) is -0.0575. The summed E-state index contributed by atoms with van der Waals surface area (Å²) < 4.78 is 0. The summed E-state index contributed by atoms with van der Waals surface area (Å²) in [7, 11) is 0. The van der Waals surface area contributed by atoms with Gasteiger partial charge in [-0.1, -0.05) is 0 Å². The molecule has 0 aromatic rings. The highest BCUT2D eigenvalue weighted by atomic mass is 16.4. The zero-order chi connectivity index (χ0) is 16.9. The molecule has 0 aromatic carbocycles. The average molecular weight is 309 g/mol. The lowest BCUT2D eigenvalue weighted by Crippen LogP contribution is -2.58. The first-order chi connectivity index (χ1) is 9.56. The van der Waals surface area contributed by atoms with Gasteiger partial charge in [-0.25, -0.2) is 4.79 Å². The number of aliphatic hydroxyl groups excluding tert-OH is 5. The molecule has 122 valence electrons. The van der Waals surface area contributed by atoms with E-state index < -0.39 is 60.5 Å². The molecule has 0 saturated heterocycles. The van der Waals surface area contributed by atoms with E-state index in [1.807, 2.05) is 0 Å². The highest BCUT2D eigenvalue weighted by Crippen LogP contribution is 2.15. The van der Waals surface area contributed by atoms with Gasteiger partial charge < -0.3 is 36.4 Å². The number of carbonyl (C=O) groups is 3. The predicted molar refractivity (Wildman–Crippen MR) is 65.9 cm³/mol. The second kappa shape index (κ2) is 8.12. The monoisotopic (exact) mass is 309 g/mol. The Morgan fingerprint density at radius 2 is 1.48 bits per heavy atom. The smallest absolute Gasteiger partial charge is 0.373 e. The van der Waals surface area contributed by atoms with E-state index in [-0.39, 0.29) is 0 Å². The molecule has 8 N–H and O–H groups in total. The van der Waals surface area contributed by atoms with Gasteiger partial charge >= 0.3 is 5.97 Å². The first-order valence-electron chi connectivity index (χ1n) is 5.92. The van der Waals surface area contributed by atoms with E-state index in [9.17, 15) is 29.7 Å². The third-order valence-electron chi connectivity index (χ3n) is 2.99. The summed E-state index contributed by atoms with van der Waals surface area (Å²) in [6.07, 6.45) is -7.84. The Morgan fingerprint density at radius 3 is 1.81 bits per heavy atom. The molecule has 0 aliphatic rings. The molecule has 0 aromatic heterocycles. The van der Waals surface area contributed by atoms with Crippen LogP contribution in [0.5, 0.6) is 0 Å². The van der Waals surface area contributed by atoms with E-state index >= 15 is 0 Å². The molecule has 0 heterocycles. The maximum Gasteiger partial charge on any atom is 0.373 e. The van der Waals surface area contributed by atoms with Crippen molar-refractivity contribution in [3.8, 4) is 0 Å². The van der Waals surface area contributed by atoms with Gasteiger partial charge in [0.25, 0.3) is 5.78 Å². The third-order valence-corrected chi connectivity index (χ3v) is 2.99. The average Bonchev–Trinajstić information content (AvgIpc) is 2.43. The Bertz CT molecular complexity index is 399. The summed E-state index contributed by atoms with van der Waals surface area (Å²) in [4.78, 5) is 33.2. The summed E-state index contributed by atoms with van der Waals surface area (Å²) in [6, 6.07) is -1.81. The van der Waals surface area contributed by atoms with Gasteiger partial charge in [-0.2, -0.15) is 0 Å². The maximum absolute atomic E-state index is 11.3. The number of hydrogen-bond donors (Lipinski definition) is 7. The minimum Gasteiger partial charge on any atom is -0.475 e. The van der Waals surface area contributed by atoms with Crippen molar-refractivity contribution in [2.24, 2.45) is 11.7 Å². The molecule has 0 saturated carbocycles. The van der Waals surface area contributed by atoms with Crippen molar-refractivity contribution in [3.63, 3.8) is 0 Å². The van der Waals surface area contributed by atoms with Gasteiger partial charge in [0.2, 0.25) is 0 Å². The van der Waals surface area contributed by atoms with E-state index in [1.165, 1.54) is 0 Å². The van der Waals surface area contributed by atoms with Gasteiger partial charge in [0.15, 0.2) is 0 Å². The molecular formula is C11H19NO9. The Labute approximate surface area is 119 Å². The van der Waals surface area contributed by atoms with Crippen molar-refractivity contribution in [2.75, 3.05) is 6.61 Å². The molecule has 0 fully saturated rings. The number of carbonyl (C=O) groups excluding carboxylic acids is 2. The molecule has 0 bridgehead atoms. The number of nitrogens with two attached hydrogens (primary N) is 1. The molecule has 0 radical (unpaired) electrons. The quantitative estimate of drug-likeness (QED) is 0.161. The van der Waals surface area contributed by atoms with Crippen molar-refractivity contribution in [1.29, 1.82) is 0 Å². The third kappa shape index (κ3) is 4.81. The fourth-order valence-corrected chi connectivity index (χ4v) is 1.70. The summed E-state index contributed by atoms with van der Waals surface area (Å²) in [5.41, 5.74) is 5.38. The number of aliphatic carboxylic acids is 1. The van der Waals surface area contributed by atoms with Gasteiger partial charge in [0, 0.05) is 0 Å². The van der Waals surface area contributed by atoms with Crippen LogP contribution >= 0.6 is 0 Å². The van der Waals surface area contributed by atoms with Crippen molar-refractivity contribution >= 4 is 17.5 Å². The molecule has 0 rings (SSSR count). The van der Waals surface area contributed by atoms with Crippen LogP contribution in [0, 0.1) is 5.92 Å². The molecule has 6 atom stereocenters. The summed E-state index contributed by atoms with van der Waals surface area (Å²) in [5, 5.41) is 55.2. The van der Waals surface area contributed by atoms with Crippen molar-refractivity contribution in [2.45, 2.75) is 37.4 Å². The van der Waals surface area contributed by atoms with Crippen LogP contribution in [0.25, 0.3) is 0 Å². The number of carboxylic acids is 1. The second-order valence-electron chi connectivity index (χ2n) is 4.56. The summed E-state index contributed by atoms with van der Waals surface area (Å²) >= 11 is 0. The number of carboxylic acid groups (broad SMARTS) is 1. The number of rotatable bonds is 9. The van der Waals surface area contributed by atoms with Crippen LogP contribution in [0.3, 0.4) is 0 Å². The fraction of sp³-hybridized carbons (Fsp3) is 0.727. The van der Waals surface area contributed by atoms with Crippen LogP contribution < -0.4 is 5.73 Å². The van der Waals surface area contributed by atoms with E-state index in [4.69, 9.17) is 21.1 Å². The zero-order valence-corrected chi connectivity index (χ0v) is 11.2. The van der Waals surface area contributed by atoms with Gasteiger partial charge in [-0.3, -0.25) is 9.59 Å². The molecule has 0 spiro atoms. The van der Waals surface area contributed by atoms with Crippen LogP contribution in [0.2, 0.25) is 0 Å². The van der Waals surface area contributed by atoms with Gasteiger partial charge in [0.05, 0.1) is 18.8 Å². The molecule has 1 unspecified atom stereocenters. The lowest BCUT2D eigenvalue weighted by Gasteiger charge is -2.31. The van der Waals surface area contributed by atoms with E-state index in [0.717, 1.165) is 6.92 Å². The molecule has 21 heavy (non-hydrogen) atoms. The second-order valence-corrected chi connectivity index (χ2v) is 4.56. The van der Waals surface area contributed by atoms with Crippen molar-refractivity contribution < 1.29 is 45.0 Å². The molecule has 0 amide bonds. The fourth-order valence-electron chi connectivity index (χ4n) is 1.70. The molecular weight excluding hydrogens is 290 g/mol. The van der Waals surface area contributed by atoms with Gasteiger partial charge in [-0.15, -0.1) is 0 Å². The number of Topliss-reactive ketones (excluding diaryl/α,β-unsaturated/α-hetero) is 2. The molecule has 10 nitrogen and oxygen atoms in total. The van der Waals surface area contributed by atoms with Crippen molar-refractivity contribution in [1.82, 2.24) is 0 Å². The van der Waals surface area contributed by atoms with E-state index in [0.29, 0.717) is 0 Å². The predicted octanol–water partition coefficient (Wildman–Crippen LogP) is -4.39. The maximum atomic E-state index is 11.3. The summed E-state index contributed by atoms with van der Waals surface area (Å²) in [5.74, 6) is -6.60. The first kappa shape index (κ1) is 19.6. The lowest BCUT2D eigenvalue weighted by molar-refractivity contribution is -0.157. The Hall–Kier alpha value is -1.43. The van der Waals surface area contributed by atoms with Crippen LogP contribution in [0.1, 0.15) is 6.92 Å². The Balaban J connectivity index is 5.18.